The van der Waals surface area contributed by atoms with Crippen molar-refractivity contribution in [2.45, 2.75) is 27.2 Å². The zero-order chi connectivity index (χ0) is 10.9. The second-order valence-corrected chi connectivity index (χ2v) is 3.68. The van der Waals surface area contributed by atoms with E-state index >= 15 is 0 Å². The first-order valence-electron chi connectivity index (χ1n) is 4.58. The molecule has 1 aliphatic heterocycles. The van der Waals surface area contributed by atoms with Gasteiger partial charge in [0.05, 0.1) is 5.70 Å². The second-order valence-electron chi connectivity index (χ2n) is 3.68. The predicted molar refractivity (Wildman–Crippen MR) is 54.5 cm³/mol. The van der Waals surface area contributed by atoms with Crippen LogP contribution in [0.25, 0.3) is 0 Å². The molecule has 0 atom stereocenters. The van der Waals surface area contributed by atoms with Crippen LogP contribution in [-0.4, -0.2) is 23.5 Å². The van der Waals surface area contributed by atoms with Gasteiger partial charge in [0.25, 0.3) is 0 Å². The number of hydrogen-bond acceptors (Lipinski definition) is 3. The van der Waals surface area contributed by atoms with Crippen molar-refractivity contribution >= 4 is 11.6 Å². The summed E-state index contributed by atoms with van der Waals surface area (Å²) in [5, 5.41) is 0. The standard InChI is InChI=1S/C11H15NO2/c1-7-5-10(8(2)13)6-12(4)11(7)9(3)14/h6H,5H2,1-4H3. The summed E-state index contributed by atoms with van der Waals surface area (Å²) in [6.07, 6.45) is 2.33. The summed E-state index contributed by atoms with van der Waals surface area (Å²) in [7, 11) is 1.79. The molecule has 1 aliphatic rings. The maximum atomic E-state index is 11.3. The highest BCUT2D eigenvalue weighted by atomic mass is 16.1. The summed E-state index contributed by atoms with van der Waals surface area (Å²) in [4.78, 5) is 24.2. The lowest BCUT2D eigenvalue weighted by molar-refractivity contribution is -0.115. The Labute approximate surface area is 84.1 Å². The molecule has 0 aromatic heterocycles. The summed E-state index contributed by atoms with van der Waals surface area (Å²) in [5.74, 6) is 0.114. The molecule has 0 saturated heterocycles. The van der Waals surface area contributed by atoms with Crippen LogP contribution in [0.4, 0.5) is 0 Å². The van der Waals surface area contributed by atoms with Crippen LogP contribution in [0, 0.1) is 0 Å². The highest BCUT2D eigenvalue weighted by Crippen LogP contribution is 2.24. The molecule has 3 heteroatoms. The molecule has 0 amide bonds. The van der Waals surface area contributed by atoms with Crippen molar-refractivity contribution in [1.82, 2.24) is 4.90 Å². The first-order chi connectivity index (χ1) is 6.43. The molecule has 76 valence electrons. The SMILES string of the molecule is CC(=O)C1=CN(C)C(C(C)=O)=C(C)C1. The lowest BCUT2D eigenvalue weighted by atomic mass is 9.97. The predicted octanol–water partition coefficient (Wildman–Crippen LogP) is 1.66. The van der Waals surface area contributed by atoms with E-state index in [0.717, 1.165) is 11.1 Å². The molecule has 0 fully saturated rings. The van der Waals surface area contributed by atoms with Crippen molar-refractivity contribution in [1.29, 1.82) is 0 Å². The smallest absolute Gasteiger partial charge is 0.176 e. The van der Waals surface area contributed by atoms with Crippen LogP contribution in [0.3, 0.4) is 0 Å². The Hall–Kier alpha value is -1.38. The fourth-order valence-electron chi connectivity index (χ4n) is 1.78. The third-order valence-electron chi connectivity index (χ3n) is 2.35. The number of allylic oxidation sites excluding steroid dienone is 3. The van der Waals surface area contributed by atoms with Crippen molar-refractivity contribution < 1.29 is 9.59 Å². The third-order valence-corrected chi connectivity index (χ3v) is 2.35. The van der Waals surface area contributed by atoms with Crippen LogP contribution in [0.15, 0.2) is 23.0 Å². The number of carbonyl (C=O) groups is 2. The van der Waals surface area contributed by atoms with Gasteiger partial charge >= 0.3 is 0 Å². The molecule has 0 aromatic carbocycles. The quantitative estimate of drug-likeness (QED) is 0.669. The molecule has 1 rings (SSSR count). The summed E-state index contributed by atoms with van der Waals surface area (Å²) < 4.78 is 0. The summed E-state index contributed by atoms with van der Waals surface area (Å²) in [6.45, 7) is 4.98. The van der Waals surface area contributed by atoms with Crippen LogP contribution >= 0.6 is 0 Å². The van der Waals surface area contributed by atoms with Gasteiger partial charge in [0, 0.05) is 32.2 Å². The van der Waals surface area contributed by atoms with Gasteiger partial charge in [-0.25, -0.2) is 0 Å². The third kappa shape index (κ3) is 1.92. The minimum Gasteiger partial charge on any atom is -0.348 e. The minimum atomic E-state index is 0.0452. The summed E-state index contributed by atoms with van der Waals surface area (Å²) in [5.41, 5.74) is 2.43. The molecule has 0 saturated carbocycles. The number of Topliss-reactive ketones (excluding diaryl/α,β-unsaturated/α-hetero) is 2. The first kappa shape index (κ1) is 10.7. The Morgan fingerprint density at radius 3 is 2.21 bits per heavy atom. The van der Waals surface area contributed by atoms with Gasteiger partial charge in [-0.15, -0.1) is 0 Å². The molecule has 14 heavy (non-hydrogen) atoms. The van der Waals surface area contributed by atoms with Gasteiger partial charge in [-0.2, -0.15) is 0 Å². The first-order valence-corrected chi connectivity index (χ1v) is 4.58. The molecule has 1 heterocycles. The highest BCUT2D eigenvalue weighted by molar-refractivity contribution is 5.97. The zero-order valence-electron chi connectivity index (χ0n) is 9.05. The Kier molecular flexibility index (Phi) is 2.89. The van der Waals surface area contributed by atoms with Gasteiger partial charge in [0.2, 0.25) is 0 Å². The lowest BCUT2D eigenvalue weighted by Crippen LogP contribution is -2.23. The van der Waals surface area contributed by atoms with Crippen LogP contribution in [-0.2, 0) is 9.59 Å². The number of ketones is 2. The number of likely N-dealkylation sites (N-methyl/N-ethyl adjacent to an activating group) is 1. The minimum absolute atomic E-state index is 0.0452. The number of nitrogens with zero attached hydrogens (tertiary/aromatic N) is 1. The Bertz CT molecular complexity index is 350. The molecule has 0 aliphatic carbocycles. The lowest BCUT2D eigenvalue weighted by Gasteiger charge is -2.25. The molecule has 3 nitrogen and oxygen atoms in total. The van der Waals surface area contributed by atoms with Gasteiger partial charge in [-0.1, -0.05) is 0 Å². The van der Waals surface area contributed by atoms with Crippen molar-refractivity contribution in [3.63, 3.8) is 0 Å². The molecule has 0 unspecified atom stereocenters. The Balaban J connectivity index is 3.02. The van der Waals surface area contributed by atoms with Gasteiger partial charge in [0.1, 0.15) is 0 Å². The topological polar surface area (TPSA) is 37.4 Å². The molecule has 0 N–H and O–H groups in total. The van der Waals surface area contributed by atoms with Crippen LogP contribution in [0.2, 0.25) is 0 Å². The summed E-state index contributed by atoms with van der Waals surface area (Å²) in [6, 6.07) is 0. The van der Waals surface area contributed by atoms with Crippen molar-refractivity contribution in [3.05, 3.63) is 23.0 Å². The normalized spacial score (nSPS) is 16.9. The van der Waals surface area contributed by atoms with E-state index in [0.29, 0.717) is 12.1 Å². The van der Waals surface area contributed by atoms with Gasteiger partial charge in [-0.05, 0) is 19.4 Å². The summed E-state index contributed by atoms with van der Waals surface area (Å²) >= 11 is 0. The van der Waals surface area contributed by atoms with E-state index < -0.39 is 0 Å². The Morgan fingerprint density at radius 2 is 1.86 bits per heavy atom. The fraction of sp³-hybridized carbons (Fsp3) is 0.455. The molecule has 0 aromatic rings. The molecule has 0 radical (unpaired) electrons. The van der Waals surface area contributed by atoms with E-state index in [1.54, 1.807) is 32.0 Å². The van der Waals surface area contributed by atoms with Gasteiger partial charge in [-0.3, -0.25) is 9.59 Å². The van der Waals surface area contributed by atoms with Crippen molar-refractivity contribution in [2.75, 3.05) is 7.05 Å². The Morgan fingerprint density at radius 1 is 1.29 bits per heavy atom. The second kappa shape index (κ2) is 3.78. The van der Waals surface area contributed by atoms with Crippen molar-refractivity contribution in [3.8, 4) is 0 Å². The zero-order valence-corrected chi connectivity index (χ0v) is 9.05. The largest absolute Gasteiger partial charge is 0.348 e. The molecule has 0 spiro atoms. The van der Waals surface area contributed by atoms with E-state index in [2.05, 4.69) is 0 Å². The van der Waals surface area contributed by atoms with Gasteiger partial charge < -0.3 is 4.90 Å². The van der Waals surface area contributed by atoms with E-state index in [4.69, 9.17) is 0 Å². The van der Waals surface area contributed by atoms with Crippen LogP contribution in [0.5, 0.6) is 0 Å². The fourth-order valence-corrected chi connectivity index (χ4v) is 1.78. The monoisotopic (exact) mass is 193 g/mol. The molecular formula is C11H15NO2. The van der Waals surface area contributed by atoms with E-state index in [-0.39, 0.29) is 11.6 Å². The van der Waals surface area contributed by atoms with E-state index in [1.165, 1.54) is 0 Å². The average Bonchev–Trinajstić information content (AvgIpc) is 2.01. The molecular weight excluding hydrogens is 178 g/mol. The van der Waals surface area contributed by atoms with Crippen LogP contribution < -0.4 is 0 Å². The van der Waals surface area contributed by atoms with Gasteiger partial charge in [0.15, 0.2) is 11.6 Å². The number of rotatable bonds is 2. The highest BCUT2D eigenvalue weighted by Gasteiger charge is 2.20. The van der Waals surface area contributed by atoms with E-state index in [9.17, 15) is 9.59 Å². The van der Waals surface area contributed by atoms with Crippen LogP contribution in [0.1, 0.15) is 27.2 Å². The number of hydrogen-bond donors (Lipinski definition) is 0. The van der Waals surface area contributed by atoms with Crippen molar-refractivity contribution in [2.24, 2.45) is 0 Å². The molecule has 0 bridgehead atoms. The maximum absolute atomic E-state index is 11.3. The van der Waals surface area contributed by atoms with E-state index in [1.807, 2.05) is 6.92 Å². The average molecular weight is 193 g/mol. The maximum Gasteiger partial charge on any atom is 0.176 e. The number of carbonyl (C=O) groups excluding carboxylic acids is 2.